The number of rotatable bonds is 3. The van der Waals surface area contributed by atoms with Crippen LogP contribution in [0.25, 0.3) is 10.9 Å². The molecule has 132 valence electrons. The molecule has 1 amide bonds. The highest BCUT2D eigenvalue weighted by atomic mass is 35.5. The standard InChI is InChI=1S/C19H21ClN2O3/c1-25-18(24)19(20)9-12-6-7-16(19)22(11-12)17(23)8-13-10-21-15-5-3-2-4-14(13)15/h2-5,10,12,16,21H,6-9,11H2,1H3. The van der Waals surface area contributed by atoms with Gasteiger partial charge >= 0.3 is 5.97 Å². The lowest BCUT2D eigenvalue weighted by atomic mass is 9.72. The van der Waals surface area contributed by atoms with Crippen molar-refractivity contribution in [1.82, 2.24) is 9.88 Å². The van der Waals surface area contributed by atoms with Crippen LogP contribution in [-0.2, 0) is 20.7 Å². The van der Waals surface area contributed by atoms with Gasteiger partial charge in [-0.25, -0.2) is 0 Å². The van der Waals surface area contributed by atoms with Crippen molar-refractivity contribution in [3.8, 4) is 0 Å². The number of hydrogen-bond acceptors (Lipinski definition) is 3. The third-order valence-electron chi connectivity index (χ3n) is 5.66. The maximum absolute atomic E-state index is 13.0. The molecule has 1 saturated carbocycles. The summed E-state index contributed by atoms with van der Waals surface area (Å²) in [5.41, 5.74) is 1.99. The van der Waals surface area contributed by atoms with E-state index < -0.39 is 10.8 Å². The molecule has 3 atom stereocenters. The minimum Gasteiger partial charge on any atom is -0.468 e. The van der Waals surface area contributed by atoms with Gasteiger partial charge in [-0.15, -0.1) is 11.6 Å². The van der Waals surface area contributed by atoms with Crippen molar-refractivity contribution in [2.75, 3.05) is 13.7 Å². The molecule has 1 aliphatic carbocycles. The first-order valence-electron chi connectivity index (χ1n) is 8.64. The van der Waals surface area contributed by atoms with Crippen LogP contribution in [0.2, 0.25) is 0 Å². The number of aromatic nitrogens is 1. The summed E-state index contributed by atoms with van der Waals surface area (Å²) < 4.78 is 4.92. The summed E-state index contributed by atoms with van der Waals surface area (Å²) in [4.78, 5) is 29.1. The van der Waals surface area contributed by atoms with Crippen LogP contribution in [0.4, 0.5) is 0 Å². The molecule has 1 aromatic carbocycles. The van der Waals surface area contributed by atoms with Gasteiger partial charge in [0.2, 0.25) is 5.91 Å². The van der Waals surface area contributed by atoms with Gasteiger partial charge in [-0.05, 0) is 36.8 Å². The molecule has 2 bridgehead atoms. The summed E-state index contributed by atoms with van der Waals surface area (Å²) in [6.07, 6.45) is 4.54. The number of piperidine rings is 2. The predicted octanol–water partition coefficient (Wildman–Crippen LogP) is 2.87. The van der Waals surface area contributed by atoms with E-state index in [1.807, 2.05) is 35.4 Å². The number of aromatic amines is 1. The van der Waals surface area contributed by atoms with E-state index in [1.54, 1.807) is 0 Å². The number of ether oxygens (including phenoxy) is 1. The first-order chi connectivity index (χ1) is 12.0. The number of fused-ring (bicyclic) bond motifs is 4. The predicted molar refractivity (Wildman–Crippen MR) is 95.4 cm³/mol. The van der Waals surface area contributed by atoms with E-state index in [0.29, 0.717) is 19.4 Å². The SMILES string of the molecule is COC(=O)C1(Cl)CC2CCC1N(C(=O)Cc1c[nH]c3ccccc13)C2. The minimum atomic E-state index is -1.11. The molecule has 1 aromatic heterocycles. The number of alkyl halides is 1. The molecule has 2 aromatic rings. The van der Waals surface area contributed by atoms with Crippen LogP contribution < -0.4 is 0 Å². The average molecular weight is 361 g/mol. The lowest BCUT2D eigenvalue weighted by molar-refractivity contribution is -0.155. The molecule has 0 spiro atoms. The molecule has 3 aliphatic rings. The average Bonchev–Trinajstić information content (AvgIpc) is 3.04. The zero-order chi connectivity index (χ0) is 17.6. The second-order valence-electron chi connectivity index (χ2n) is 7.10. The van der Waals surface area contributed by atoms with Crippen LogP contribution in [0.15, 0.2) is 30.5 Å². The Morgan fingerprint density at radius 3 is 2.92 bits per heavy atom. The van der Waals surface area contributed by atoms with E-state index in [2.05, 4.69) is 4.98 Å². The summed E-state index contributed by atoms with van der Waals surface area (Å²) in [6.45, 7) is 0.678. The van der Waals surface area contributed by atoms with E-state index in [-0.39, 0.29) is 17.9 Å². The first kappa shape index (κ1) is 16.5. The second kappa shape index (κ2) is 6.06. The monoisotopic (exact) mass is 360 g/mol. The van der Waals surface area contributed by atoms with Gasteiger partial charge in [0.25, 0.3) is 0 Å². The highest BCUT2D eigenvalue weighted by molar-refractivity contribution is 6.35. The van der Waals surface area contributed by atoms with Gasteiger partial charge in [0.05, 0.1) is 19.6 Å². The molecule has 3 fully saturated rings. The van der Waals surface area contributed by atoms with Gasteiger partial charge in [-0.2, -0.15) is 0 Å². The molecule has 25 heavy (non-hydrogen) atoms. The molecular formula is C19H21ClN2O3. The van der Waals surface area contributed by atoms with Crippen molar-refractivity contribution in [1.29, 1.82) is 0 Å². The third kappa shape index (κ3) is 2.61. The molecular weight excluding hydrogens is 340 g/mol. The number of amides is 1. The van der Waals surface area contributed by atoms with E-state index in [9.17, 15) is 9.59 Å². The smallest absolute Gasteiger partial charge is 0.329 e. The number of nitrogens with zero attached hydrogens (tertiary/aromatic N) is 1. The zero-order valence-corrected chi connectivity index (χ0v) is 14.9. The van der Waals surface area contributed by atoms with E-state index in [4.69, 9.17) is 16.3 Å². The summed E-state index contributed by atoms with van der Waals surface area (Å²) in [6, 6.07) is 7.65. The molecule has 3 heterocycles. The number of carbonyl (C=O) groups excluding carboxylic acids is 2. The fourth-order valence-electron chi connectivity index (χ4n) is 4.45. The lowest BCUT2D eigenvalue weighted by Gasteiger charge is -2.52. The van der Waals surface area contributed by atoms with Crippen molar-refractivity contribution < 1.29 is 14.3 Å². The molecule has 3 unspecified atom stereocenters. The quantitative estimate of drug-likeness (QED) is 0.676. The van der Waals surface area contributed by atoms with E-state index in [1.165, 1.54) is 7.11 Å². The molecule has 2 aliphatic heterocycles. The van der Waals surface area contributed by atoms with Crippen LogP contribution in [-0.4, -0.2) is 46.3 Å². The number of H-pyrrole nitrogens is 1. The number of hydrogen-bond donors (Lipinski definition) is 1. The van der Waals surface area contributed by atoms with Gasteiger partial charge < -0.3 is 14.6 Å². The fourth-order valence-corrected chi connectivity index (χ4v) is 4.97. The summed E-state index contributed by atoms with van der Waals surface area (Å²) in [7, 11) is 1.35. The van der Waals surface area contributed by atoms with Gasteiger partial charge in [0.15, 0.2) is 4.87 Å². The van der Waals surface area contributed by atoms with Crippen molar-refractivity contribution in [2.45, 2.75) is 36.6 Å². The summed E-state index contributed by atoms with van der Waals surface area (Å²) >= 11 is 6.66. The van der Waals surface area contributed by atoms with Crippen LogP contribution in [0.3, 0.4) is 0 Å². The Kier molecular flexibility index (Phi) is 3.99. The van der Waals surface area contributed by atoms with Crippen LogP contribution >= 0.6 is 11.6 Å². The lowest BCUT2D eigenvalue weighted by Crippen LogP contribution is -2.65. The van der Waals surface area contributed by atoms with Gasteiger partial charge in [0, 0.05) is 23.6 Å². The first-order valence-corrected chi connectivity index (χ1v) is 9.02. The Bertz CT molecular complexity index is 833. The molecule has 1 N–H and O–H groups in total. The fraction of sp³-hybridized carbons (Fsp3) is 0.474. The third-order valence-corrected chi connectivity index (χ3v) is 6.22. The molecule has 5 nitrogen and oxygen atoms in total. The van der Waals surface area contributed by atoms with Gasteiger partial charge in [-0.3, -0.25) is 9.59 Å². The molecule has 0 radical (unpaired) electrons. The Labute approximate surface area is 151 Å². The Morgan fingerprint density at radius 1 is 1.36 bits per heavy atom. The number of esters is 1. The van der Waals surface area contributed by atoms with E-state index in [0.717, 1.165) is 29.3 Å². The summed E-state index contributed by atoms with van der Waals surface area (Å²) in [5.74, 6) is -0.143. The largest absolute Gasteiger partial charge is 0.468 e. The maximum Gasteiger partial charge on any atom is 0.329 e. The number of benzene rings is 1. The Balaban J connectivity index is 1.59. The minimum absolute atomic E-state index is 0.0214. The van der Waals surface area contributed by atoms with Crippen molar-refractivity contribution in [3.63, 3.8) is 0 Å². The Hall–Kier alpha value is -2.01. The van der Waals surface area contributed by atoms with Crippen molar-refractivity contribution in [3.05, 3.63) is 36.0 Å². The summed E-state index contributed by atoms with van der Waals surface area (Å²) in [5, 5.41) is 1.06. The number of nitrogens with one attached hydrogen (secondary N) is 1. The number of carbonyl (C=O) groups is 2. The highest BCUT2D eigenvalue weighted by Gasteiger charge is 2.56. The van der Waals surface area contributed by atoms with E-state index >= 15 is 0 Å². The number of methoxy groups -OCH3 is 1. The van der Waals surface area contributed by atoms with Crippen LogP contribution in [0.1, 0.15) is 24.8 Å². The highest BCUT2D eigenvalue weighted by Crippen LogP contribution is 2.46. The topological polar surface area (TPSA) is 62.4 Å². The van der Waals surface area contributed by atoms with Crippen molar-refractivity contribution >= 4 is 34.4 Å². The second-order valence-corrected chi connectivity index (χ2v) is 7.77. The normalized spacial score (nSPS) is 28.3. The van der Waals surface area contributed by atoms with Crippen molar-refractivity contribution in [2.24, 2.45) is 5.92 Å². The molecule has 5 rings (SSSR count). The zero-order valence-electron chi connectivity index (χ0n) is 14.1. The van der Waals surface area contributed by atoms with Gasteiger partial charge in [-0.1, -0.05) is 18.2 Å². The van der Waals surface area contributed by atoms with Gasteiger partial charge in [0.1, 0.15) is 0 Å². The molecule has 2 saturated heterocycles. The maximum atomic E-state index is 13.0. The van der Waals surface area contributed by atoms with Crippen LogP contribution in [0, 0.1) is 5.92 Å². The molecule has 6 heteroatoms. The number of halogens is 1. The number of para-hydroxylation sites is 1. The Morgan fingerprint density at radius 2 is 2.16 bits per heavy atom. The van der Waals surface area contributed by atoms with Crippen LogP contribution in [0.5, 0.6) is 0 Å².